The minimum Gasteiger partial charge on any atom is -0.394 e. The Labute approximate surface area is 165 Å². The summed E-state index contributed by atoms with van der Waals surface area (Å²) in [6.07, 6.45) is 0.834. The van der Waals surface area contributed by atoms with Crippen LogP contribution in [0.2, 0.25) is 0 Å². The first-order valence-electron chi connectivity index (χ1n) is 9.72. The zero-order valence-corrected chi connectivity index (χ0v) is 16.0. The summed E-state index contributed by atoms with van der Waals surface area (Å²) in [5.41, 5.74) is 1.64. The summed E-state index contributed by atoms with van der Waals surface area (Å²) in [4.78, 5) is 26.8. The maximum absolute atomic E-state index is 12.6. The van der Waals surface area contributed by atoms with Gasteiger partial charge in [-0.25, -0.2) is 4.79 Å². The molecule has 0 saturated carbocycles. The topological polar surface area (TPSA) is 81.7 Å². The van der Waals surface area contributed by atoms with Crippen LogP contribution in [0.25, 0.3) is 0 Å². The predicted octanol–water partition coefficient (Wildman–Crippen LogP) is 2.36. The number of carbonyl (C=O) groups is 2. The molecule has 6 heteroatoms. The van der Waals surface area contributed by atoms with Crippen molar-refractivity contribution in [3.8, 4) is 0 Å². The van der Waals surface area contributed by atoms with Crippen molar-refractivity contribution in [2.75, 3.05) is 19.7 Å². The number of carbonyl (C=O) groups excluding carboxylic acids is 2. The molecular formula is C22H27N3O3. The summed E-state index contributed by atoms with van der Waals surface area (Å²) in [6, 6.07) is 18.1. The van der Waals surface area contributed by atoms with E-state index >= 15 is 0 Å². The van der Waals surface area contributed by atoms with E-state index in [1.165, 1.54) is 0 Å². The average Bonchev–Trinajstić information content (AvgIpc) is 2.73. The summed E-state index contributed by atoms with van der Waals surface area (Å²) in [5, 5.41) is 15.8. The van der Waals surface area contributed by atoms with E-state index in [2.05, 4.69) is 10.6 Å². The number of benzene rings is 2. The van der Waals surface area contributed by atoms with E-state index in [0.717, 1.165) is 12.0 Å². The van der Waals surface area contributed by atoms with Crippen LogP contribution in [0.4, 0.5) is 4.79 Å². The van der Waals surface area contributed by atoms with Crippen LogP contribution >= 0.6 is 0 Å². The van der Waals surface area contributed by atoms with E-state index in [1.54, 1.807) is 17.0 Å². The number of hydrogen-bond donors (Lipinski definition) is 3. The van der Waals surface area contributed by atoms with Gasteiger partial charge in [-0.15, -0.1) is 0 Å². The van der Waals surface area contributed by atoms with E-state index in [9.17, 15) is 14.7 Å². The molecule has 2 aromatic carbocycles. The molecule has 3 rings (SSSR count). The first-order chi connectivity index (χ1) is 13.7. The zero-order chi connectivity index (χ0) is 19.9. The van der Waals surface area contributed by atoms with Crippen LogP contribution in [0.3, 0.4) is 0 Å². The normalized spacial score (nSPS) is 20.9. The summed E-state index contributed by atoms with van der Waals surface area (Å²) in [6.45, 7) is 2.77. The minimum absolute atomic E-state index is 0.0327. The second kappa shape index (κ2) is 9.37. The van der Waals surface area contributed by atoms with E-state index < -0.39 is 0 Å². The first kappa shape index (κ1) is 19.9. The fraction of sp³-hybridized carbons (Fsp3) is 0.364. The van der Waals surface area contributed by atoms with E-state index in [0.29, 0.717) is 18.7 Å². The summed E-state index contributed by atoms with van der Waals surface area (Å²) in [5.74, 6) is -0.205. The zero-order valence-electron chi connectivity index (χ0n) is 16.0. The molecule has 0 radical (unpaired) electrons. The van der Waals surface area contributed by atoms with Gasteiger partial charge in [0.25, 0.3) is 5.91 Å². The third-order valence-electron chi connectivity index (χ3n) is 5.18. The number of hydrogen-bond acceptors (Lipinski definition) is 3. The van der Waals surface area contributed by atoms with Crippen LogP contribution < -0.4 is 10.6 Å². The largest absolute Gasteiger partial charge is 0.394 e. The monoisotopic (exact) mass is 381 g/mol. The molecular weight excluding hydrogens is 354 g/mol. The van der Waals surface area contributed by atoms with Gasteiger partial charge >= 0.3 is 6.03 Å². The maximum atomic E-state index is 12.6. The molecule has 0 bridgehead atoms. The fourth-order valence-electron chi connectivity index (χ4n) is 3.81. The Bertz CT molecular complexity index is 782. The molecule has 6 nitrogen and oxygen atoms in total. The minimum atomic E-state index is -0.308. The highest BCUT2D eigenvalue weighted by Gasteiger charge is 2.51. The fourth-order valence-corrected chi connectivity index (χ4v) is 3.81. The van der Waals surface area contributed by atoms with Gasteiger partial charge in [-0.05, 0) is 24.1 Å². The molecule has 0 aromatic heterocycles. The SMILES string of the molecule is CCCNC(=O)N1[C@@H](CO)[C@H](c2ccccc2)[C@@H]1CNC(=O)c1ccccc1. The van der Waals surface area contributed by atoms with Crippen molar-refractivity contribution >= 4 is 11.9 Å². The number of rotatable bonds is 7. The summed E-state index contributed by atoms with van der Waals surface area (Å²) in [7, 11) is 0. The van der Waals surface area contributed by atoms with Gasteiger partial charge in [0.05, 0.1) is 18.7 Å². The highest BCUT2D eigenvalue weighted by atomic mass is 16.3. The standard InChI is InChI=1S/C22H27N3O3/c1-2-13-23-22(28)25-18(14-24-21(27)17-11-7-4-8-12-17)20(19(25)15-26)16-9-5-3-6-10-16/h3-12,18-20,26H,2,13-15H2,1H3,(H,23,28)(H,24,27)/t18-,19-,20+/m0/s1. The molecule has 3 amide bonds. The van der Waals surface area contributed by atoms with Gasteiger partial charge in [-0.1, -0.05) is 55.5 Å². The average molecular weight is 381 g/mol. The van der Waals surface area contributed by atoms with Gasteiger partial charge in [-0.2, -0.15) is 0 Å². The quantitative estimate of drug-likeness (QED) is 0.689. The lowest BCUT2D eigenvalue weighted by Crippen LogP contribution is -2.70. The smallest absolute Gasteiger partial charge is 0.318 e. The number of aliphatic hydroxyl groups is 1. The van der Waals surface area contributed by atoms with Crippen LogP contribution in [0.5, 0.6) is 0 Å². The van der Waals surface area contributed by atoms with Gasteiger partial charge in [0, 0.05) is 24.6 Å². The van der Waals surface area contributed by atoms with Crippen molar-refractivity contribution < 1.29 is 14.7 Å². The Hall–Kier alpha value is -2.86. The highest BCUT2D eigenvalue weighted by molar-refractivity contribution is 5.94. The molecule has 2 aromatic rings. The Morgan fingerprint density at radius 2 is 1.61 bits per heavy atom. The molecule has 1 fully saturated rings. The van der Waals surface area contributed by atoms with Gasteiger partial charge in [0.1, 0.15) is 0 Å². The molecule has 148 valence electrons. The molecule has 1 heterocycles. The van der Waals surface area contributed by atoms with Crippen LogP contribution in [0, 0.1) is 0 Å². The van der Waals surface area contributed by atoms with Gasteiger partial charge in [0.2, 0.25) is 0 Å². The van der Waals surface area contributed by atoms with Crippen molar-refractivity contribution in [2.45, 2.75) is 31.3 Å². The predicted molar refractivity (Wildman–Crippen MR) is 108 cm³/mol. The van der Waals surface area contributed by atoms with Crippen LogP contribution in [-0.2, 0) is 0 Å². The lowest BCUT2D eigenvalue weighted by Gasteiger charge is -2.54. The van der Waals surface area contributed by atoms with Gasteiger partial charge in [0.15, 0.2) is 0 Å². The van der Waals surface area contributed by atoms with Crippen LogP contribution in [0.15, 0.2) is 60.7 Å². The van der Waals surface area contributed by atoms with E-state index in [1.807, 2.05) is 55.5 Å². The van der Waals surface area contributed by atoms with Crippen molar-refractivity contribution in [1.29, 1.82) is 0 Å². The van der Waals surface area contributed by atoms with Crippen molar-refractivity contribution in [2.24, 2.45) is 0 Å². The third-order valence-corrected chi connectivity index (χ3v) is 5.18. The molecule has 3 N–H and O–H groups in total. The molecule has 0 unspecified atom stereocenters. The molecule has 3 atom stereocenters. The number of nitrogens with one attached hydrogen (secondary N) is 2. The number of urea groups is 1. The first-order valence-corrected chi connectivity index (χ1v) is 9.72. The molecule has 0 spiro atoms. The number of nitrogens with zero attached hydrogens (tertiary/aromatic N) is 1. The lowest BCUT2D eigenvalue weighted by molar-refractivity contribution is -0.00687. The Morgan fingerprint density at radius 1 is 0.964 bits per heavy atom. The van der Waals surface area contributed by atoms with Gasteiger partial charge in [-0.3, -0.25) is 4.79 Å². The van der Waals surface area contributed by atoms with Crippen LogP contribution in [0.1, 0.15) is 35.2 Å². The molecule has 1 aliphatic heterocycles. The molecule has 1 saturated heterocycles. The number of amides is 3. The Morgan fingerprint density at radius 3 is 2.21 bits per heavy atom. The third kappa shape index (κ3) is 4.17. The van der Waals surface area contributed by atoms with Gasteiger partial charge < -0.3 is 20.6 Å². The maximum Gasteiger partial charge on any atom is 0.318 e. The summed E-state index contributed by atoms with van der Waals surface area (Å²) >= 11 is 0. The van der Waals surface area contributed by atoms with Crippen molar-refractivity contribution in [1.82, 2.24) is 15.5 Å². The Kier molecular flexibility index (Phi) is 6.66. The van der Waals surface area contributed by atoms with Crippen molar-refractivity contribution in [3.63, 3.8) is 0 Å². The molecule has 0 aliphatic carbocycles. The number of aliphatic hydroxyl groups excluding tert-OH is 1. The van der Waals surface area contributed by atoms with Crippen molar-refractivity contribution in [3.05, 3.63) is 71.8 Å². The Balaban J connectivity index is 1.77. The second-order valence-corrected chi connectivity index (χ2v) is 6.97. The van der Waals surface area contributed by atoms with E-state index in [-0.39, 0.29) is 36.5 Å². The van der Waals surface area contributed by atoms with Crippen LogP contribution in [-0.4, -0.2) is 53.7 Å². The molecule has 28 heavy (non-hydrogen) atoms. The number of likely N-dealkylation sites (tertiary alicyclic amines) is 1. The second-order valence-electron chi connectivity index (χ2n) is 6.97. The highest BCUT2D eigenvalue weighted by Crippen LogP contribution is 2.40. The lowest BCUT2D eigenvalue weighted by atomic mass is 9.75. The van der Waals surface area contributed by atoms with E-state index in [4.69, 9.17) is 0 Å². The summed E-state index contributed by atoms with van der Waals surface area (Å²) < 4.78 is 0. The molecule has 1 aliphatic rings.